The number of Topliss-reactive ketones (excluding diaryl/α,β-unsaturated/α-hetero) is 1. The number of ether oxygens (including phenoxy) is 1. The number of fused-ring (bicyclic) bond motifs is 1. The van der Waals surface area contributed by atoms with Crippen LogP contribution in [0.2, 0.25) is 0 Å². The minimum absolute atomic E-state index is 0.000175. The molecule has 0 radical (unpaired) electrons. The van der Waals surface area contributed by atoms with Crippen LogP contribution in [0.3, 0.4) is 0 Å². The molecule has 4 nitrogen and oxygen atoms in total. The summed E-state index contributed by atoms with van der Waals surface area (Å²) in [5.74, 6) is -0.317. The van der Waals surface area contributed by atoms with Crippen molar-refractivity contribution in [2.45, 2.75) is 18.9 Å². The van der Waals surface area contributed by atoms with Crippen molar-refractivity contribution in [1.82, 2.24) is 4.90 Å². The number of phenols is 1. The predicted molar refractivity (Wildman–Crippen MR) is 95.9 cm³/mol. The Balaban J connectivity index is 1.29. The number of carbonyl (C=O) groups excluding carboxylic acids is 1. The van der Waals surface area contributed by atoms with Crippen molar-refractivity contribution in [1.29, 1.82) is 0 Å². The summed E-state index contributed by atoms with van der Waals surface area (Å²) in [6, 6.07) is 9.94. The van der Waals surface area contributed by atoms with Crippen LogP contribution in [-0.2, 0) is 0 Å². The van der Waals surface area contributed by atoms with Gasteiger partial charge in [-0.25, -0.2) is 8.78 Å². The molecule has 0 amide bonds. The Morgan fingerprint density at radius 2 is 1.70 bits per heavy atom. The molecule has 142 valence electrons. The third kappa shape index (κ3) is 3.95. The number of phenolic OH excluding ortho intramolecular Hbond substituents is 1. The van der Waals surface area contributed by atoms with E-state index < -0.39 is 11.6 Å². The van der Waals surface area contributed by atoms with Gasteiger partial charge in [0.1, 0.15) is 11.5 Å². The number of aromatic hydroxyl groups is 1. The normalized spacial score (nSPS) is 24.7. The maximum Gasteiger partial charge on any atom is 0.176 e. The number of hydrogen-bond acceptors (Lipinski definition) is 4. The van der Waals surface area contributed by atoms with Crippen molar-refractivity contribution in [2.75, 3.05) is 19.6 Å². The van der Waals surface area contributed by atoms with Gasteiger partial charge in [-0.15, -0.1) is 0 Å². The zero-order valence-electron chi connectivity index (χ0n) is 14.8. The Morgan fingerprint density at radius 1 is 1.04 bits per heavy atom. The molecule has 2 aromatic rings. The molecule has 27 heavy (non-hydrogen) atoms. The summed E-state index contributed by atoms with van der Waals surface area (Å²) < 4.78 is 32.2. The second kappa shape index (κ2) is 7.27. The van der Waals surface area contributed by atoms with Crippen molar-refractivity contribution in [3.05, 3.63) is 59.7 Å². The minimum atomic E-state index is -0.899. The van der Waals surface area contributed by atoms with Gasteiger partial charge in [-0.3, -0.25) is 9.69 Å². The molecule has 3 atom stereocenters. The summed E-state index contributed by atoms with van der Waals surface area (Å²) in [6.45, 7) is 2.05. The van der Waals surface area contributed by atoms with Crippen molar-refractivity contribution >= 4 is 5.78 Å². The smallest absolute Gasteiger partial charge is 0.176 e. The molecule has 2 fully saturated rings. The number of nitrogens with zero attached hydrogens (tertiary/aromatic N) is 1. The standard InChI is InChI=1S/C21H21F2NO3/c22-19-6-5-17(9-20(19)23)27-18-7-14-10-24(11-15(14)8-18)12-21(26)13-1-3-16(25)4-2-13/h1-6,9,14-15,18,25H,7-8,10-12H2/t14-,15+,18-. The Bertz CT molecular complexity index is 826. The van der Waals surface area contributed by atoms with E-state index in [-0.39, 0.29) is 17.6 Å². The van der Waals surface area contributed by atoms with Gasteiger partial charge in [0.05, 0.1) is 12.6 Å². The van der Waals surface area contributed by atoms with Crippen LogP contribution in [0.25, 0.3) is 0 Å². The van der Waals surface area contributed by atoms with Crippen LogP contribution in [0.5, 0.6) is 11.5 Å². The molecule has 1 aliphatic carbocycles. The quantitative estimate of drug-likeness (QED) is 0.813. The molecule has 0 aromatic heterocycles. The van der Waals surface area contributed by atoms with Crippen LogP contribution in [0, 0.1) is 23.5 Å². The lowest BCUT2D eigenvalue weighted by molar-refractivity contribution is 0.0936. The van der Waals surface area contributed by atoms with Gasteiger partial charge >= 0.3 is 0 Å². The monoisotopic (exact) mass is 373 g/mol. The summed E-state index contributed by atoms with van der Waals surface area (Å²) in [5.41, 5.74) is 0.601. The summed E-state index contributed by atoms with van der Waals surface area (Å²) in [6.07, 6.45) is 1.71. The van der Waals surface area contributed by atoms with E-state index in [1.807, 2.05) is 0 Å². The van der Waals surface area contributed by atoms with Gasteiger partial charge in [-0.1, -0.05) is 0 Å². The van der Waals surface area contributed by atoms with Crippen molar-refractivity contribution in [3.63, 3.8) is 0 Å². The van der Waals surface area contributed by atoms with Crippen LogP contribution in [0.1, 0.15) is 23.2 Å². The van der Waals surface area contributed by atoms with Gasteiger partial charge < -0.3 is 9.84 Å². The van der Waals surface area contributed by atoms with Crippen molar-refractivity contribution < 1.29 is 23.4 Å². The fourth-order valence-electron chi connectivity index (χ4n) is 4.25. The molecule has 6 heteroatoms. The number of hydrogen-bond donors (Lipinski definition) is 1. The topological polar surface area (TPSA) is 49.8 Å². The average molecular weight is 373 g/mol. The Morgan fingerprint density at radius 3 is 2.33 bits per heavy atom. The van der Waals surface area contributed by atoms with Gasteiger partial charge in [0.15, 0.2) is 17.4 Å². The SMILES string of the molecule is O=C(CN1C[C@H]2C[C@@H](Oc3ccc(F)c(F)c3)C[C@H]2C1)c1ccc(O)cc1. The molecule has 0 bridgehead atoms. The molecule has 2 aliphatic rings. The van der Waals surface area contributed by atoms with Crippen molar-refractivity contribution in [2.24, 2.45) is 11.8 Å². The van der Waals surface area contributed by atoms with E-state index in [1.165, 1.54) is 18.2 Å². The Labute approximate surface area is 156 Å². The lowest BCUT2D eigenvalue weighted by atomic mass is 10.0. The highest BCUT2D eigenvalue weighted by Crippen LogP contribution is 2.39. The number of rotatable bonds is 5. The van der Waals surface area contributed by atoms with E-state index in [0.29, 0.717) is 29.7 Å². The number of benzene rings is 2. The van der Waals surface area contributed by atoms with Gasteiger partial charge in [0, 0.05) is 24.7 Å². The second-order valence-corrected chi connectivity index (χ2v) is 7.47. The maximum absolute atomic E-state index is 13.3. The average Bonchev–Trinajstić information content (AvgIpc) is 3.16. The van der Waals surface area contributed by atoms with E-state index in [0.717, 1.165) is 38.1 Å². The number of likely N-dealkylation sites (tertiary alicyclic amines) is 1. The lowest BCUT2D eigenvalue weighted by Gasteiger charge is -2.19. The highest BCUT2D eigenvalue weighted by Gasteiger charge is 2.42. The summed E-state index contributed by atoms with van der Waals surface area (Å²) >= 11 is 0. The first kappa shape index (κ1) is 17.9. The van der Waals surface area contributed by atoms with Gasteiger partial charge in [-0.05, 0) is 61.1 Å². The van der Waals surface area contributed by atoms with Crippen molar-refractivity contribution in [3.8, 4) is 11.5 Å². The van der Waals surface area contributed by atoms with E-state index >= 15 is 0 Å². The zero-order chi connectivity index (χ0) is 19.0. The van der Waals surface area contributed by atoms with Gasteiger partial charge in [0.25, 0.3) is 0 Å². The summed E-state index contributed by atoms with van der Waals surface area (Å²) in [4.78, 5) is 14.5. The maximum atomic E-state index is 13.3. The van der Waals surface area contributed by atoms with Crippen LogP contribution < -0.4 is 4.74 Å². The zero-order valence-corrected chi connectivity index (χ0v) is 14.8. The highest BCUT2D eigenvalue weighted by molar-refractivity contribution is 5.97. The molecule has 0 spiro atoms. The lowest BCUT2D eigenvalue weighted by Crippen LogP contribution is -2.30. The molecule has 0 unspecified atom stereocenters. The van der Waals surface area contributed by atoms with Gasteiger partial charge in [0.2, 0.25) is 0 Å². The predicted octanol–water partition coefficient (Wildman–Crippen LogP) is 3.64. The molecule has 1 heterocycles. The molecular weight excluding hydrogens is 352 g/mol. The van der Waals surface area contributed by atoms with E-state index in [1.54, 1.807) is 12.1 Å². The van der Waals surface area contributed by atoms with Crippen LogP contribution in [-0.4, -0.2) is 41.5 Å². The number of halogens is 2. The fourth-order valence-corrected chi connectivity index (χ4v) is 4.25. The fraction of sp³-hybridized carbons (Fsp3) is 0.381. The number of carbonyl (C=O) groups is 1. The summed E-state index contributed by atoms with van der Waals surface area (Å²) in [7, 11) is 0. The minimum Gasteiger partial charge on any atom is -0.508 e. The first-order valence-corrected chi connectivity index (χ1v) is 9.14. The first-order chi connectivity index (χ1) is 13.0. The molecule has 1 saturated carbocycles. The van der Waals surface area contributed by atoms with Crippen LogP contribution >= 0.6 is 0 Å². The summed E-state index contributed by atoms with van der Waals surface area (Å²) in [5, 5.41) is 9.32. The number of ketones is 1. The molecule has 4 rings (SSSR count). The second-order valence-electron chi connectivity index (χ2n) is 7.47. The highest BCUT2D eigenvalue weighted by atomic mass is 19.2. The Kier molecular flexibility index (Phi) is 4.83. The third-order valence-electron chi connectivity index (χ3n) is 5.53. The van der Waals surface area contributed by atoms with Crippen LogP contribution in [0.15, 0.2) is 42.5 Å². The van der Waals surface area contributed by atoms with E-state index in [9.17, 15) is 18.7 Å². The van der Waals surface area contributed by atoms with Crippen LogP contribution in [0.4, 0.5) is 8.78 Å². The Hall–Kier alpha value is -2.47. The molecule has 1 aliphatic heterocycles. The van der Waals surface area contributed by atoms with Gasteiger partial charge in [-0.2, -0.15) is 0 Å². The van der Waals surface area contributed by atoms with E-state index in [2.05, 4.69) is 4.90 Å². The largest absolute Gasteiger partial charge is 0.508 e. The molecule has 1 saturated heterocycles. The molecular formula is C21H21F2NO3. The molecule has 1 N–H and O–H groups in total. The van der Waals surface area contributed by atoms with E-state index in [4.69, 9.17) is 4.74 Å². The first-order valence-electron chi connectivity index (χ1n) is 9.14. The third-order valence-corrected chi connectivity index (χ3v) is 5.53. The molecule has 2 aromatic carbocycles.